The summed E-state index contributed by atoms with van der Waals surface area (Å²) >= 11 is 6.55. The van der Waals surface area contributed by atoms with E-state index in [1.54, 1.807) is 17.0 Å². The Bertz CT molecular complexity index is 1330. The molecule has 0 radical (unpaired) electrons. The van der Waals surface area contributed by atoms with Crippen molar-refractivity contribution < 1.29 is 28.2 Å². The zero-order chi connectivity index (χ0) is 24.4. The number of methoxy groups -OCH3 is 2. The summed E-state index contributed by atoms with van der Waals surface area (Å²) in [6.07, 6.45) is 2.61. The van der Waals surface area contributed by atoms with Crippen molar-refractivity contribution in [1.82, 2.24) is 0 Å². The van der Waals surface area contributed by atoms with E-state index in [0.717, 1.165) is 23.8 Å². The van der Waals surface area contributed by atoms with Gasteiger partial charge in [0, 0.05) is 11.5 Å². The second-order valence-electron chi connectivity index (χ2n) is 7.92. The van der Waals surface area contributed by atoms with E-state index in [2.05, 4.69) is 6.92 Å². The van der Waals surface area contributed by atoms with Gasteiger partial charge in [-0.05, 0) is 42.7 Å². The van der Waals surface area contributed by atoms with Gasteiger partial charge < -0.3 is 23.5 Å². The lowest BCUT2D eigenvalue weighted by Crippen LogP contribution is -2.33. The number of benzene rings is 2. The van der Waals surface area contributed by atoms with Crippen molar-refractivity contribution in [2.24, 2.45) is 0 Å². The number of esters is 2. The van der Waals surface area contributed by atoms with Crippen LogP contribution < -0.4 is 15.3 Å². The zero-order valence-corrected chi connectivity index (χ0v) is 19.9. The molecule has 0 bridgehead atoms. The van der Waals surface area contributed by atoms with Crippen molar-refractivity contribution >= 4 is 40.2 Å². The molecule has 2 heterocycles. The van der Waals surface area contributed by atoms with E-state index >= 15 is 0 Å². The Labute approximate surface area is 201 Å². The lowest BCUT2D eigenvalue weighted by molar-refractivity contribution is 0.0587. The molecular formula is C25H24ClNO7. The Morgan fingerprint density at radius 3 is 2.59 bits per heavy atom. The maximum absolute atomic E-state index is 12.4. The normalized spacial score (nSPS) is 12.8. The molecule has 1 aliphatic rings. The van der Waals surface area contributed by atoms with Crippen LogP contribution >= 0.6 is 11.6 Å². The summed E-state index contributed by atoms with van der Waals surface area (Å²) in [4.78, 5) is 38.7. The van der Waals surface area contributed by atoms with Gasteiger partial charge in [0.05, 0.1) is 48.2 Å². The van der Waals surface area contributed by atoms with Crippen molar-refractivity contribution in [2.75, 3.05) is 25.9 Å². The number of halogens is 1. The van der Waals surface area contributed by atoms with Crippen LogP contribution in [0.5, 0.6) is 5.75 Å². The third kappa shape index (κ3) is 4.33. The maximum Gasteiger partial charge on any atom is 0.339 e. The van der Waals surface area contributed by atoms with E-state index in [-0.39, 0.29) is 24.4 Å². The zero-order valence-electron chi connectivity index (χ0n) is 19.1. The number of nitrogens with zero attached hydrogens (tertiary/aromatic N) is 1. The van der Waals surface area contributed by atoms with E-state index in [9.17, 15) is 14.4 Å². The van der Waals surface area contributed by atoms with E-state index in [0.29, 0.717) is 34.0 Å². The number of carbonyl (C=O) groups excluding carboxylic acids is 2. The minimum absolute atomic E-state index is 0.0482. The highest BCUT2D eigenvalue weighted by atomic mass is 35.5. The third-order valence-electron chi connectivity index (χ3n) is 5.80. The van der Waals surface area contributed by atoms with Gasteiger partial charge in [-0.15, -0.1) is 0 Å². The van der Waals surface area contributed by atoms with Crippen molar-refractivity contribution in [3.05, 3.63) is 68.0 Å². The van der Waals surface area contributed by atoms with Crippen LogP contribution in [0.3, 0.4) is 0 Å². The highest BCUT2D eigenvalue weighted by molar-refractivity contribution is 6.33. The lowest BCUT2D eigenvalue weighted by Gasteiger charge is -2.32. The second-order valence-corrected chi connectivity index (χ2v) is 8.33. The molecule has 0 unspecified atom stereocenters. The molecule has 0 spiro atoms. The lowest BCUT2D eigenvalue weighted by atomic mass is 10.00. The fourth-order valence-electron chi connectivity index (χ4n) is 4.10. The predicted octanol–water partition coefficient (Wildman–Crippen LogP) is 4.72. The molecule has 0 saturated carbocycles. The summed E-state index contributed by atoms with van der Waals surface area (Å²) in [6.45, 7) is 2.35. The van der Waals surface area contributed by atoms with Gasteiger partial charge in [0.15, 0.2) is 6.73 Å². The second kappa shape index (κ2) is 9.77. The molecule has 2 aromatic carbocycles. The number of carbonyl (C=O) groups is 2. The summed E-state index contributed by atoms with van der Waals surface area (Å²) in [5, 5.41) is 1.16. The molecule has 1 aliphatic heterocycles. The van der Waals surface area contributed by atoms with Crippen molar-refractivity contribution in [2.45, 2.75) is 32.7 Å². The molecule has 0 aliphatic carbocycles. The summed E-state index contributed by atoms with van der Waals surface area (Å²) in [7, 11) is 2.56. The van der Waals surface area contributed by atoms with Crippen LogP contribution in [0.15, 0.2) is 39.5 Å². The van der Waals surface area contributed by atoms with Crippen LogP contribution in [-0.2, 0) is 22.4 Å². The van der Waals surface area contributed by atoms with Crippen LogP contribution in [0.1, 0.15) is 51.6 Å². The third-order valence-corrected chi connectivity index (χ3v) is 6.08. The fourth-order valence-corrected chi connectivity index (χ4v) is 4.38. The van der Waals surface area contributed by atoms with E-state index in [1.807, 2.05) is 0 Å². The summed E-state index contributed by atoms with van der Waals surface area (Å²) in [6, 6.07) is 7.80. The molecule has 34 heavy (non-hydrogen) atoms. The van der Waals surface area contributed by atoms with E-state index in [1.165, 1.54) is 32.4 Å². The largest absolute Gasteiger partial charge is 0.471 e. The maximum atomic E-state index is 12.4. The highest BCUT2D eigenvalue weighted by Gasteiger charge is 2.28. The molecule has 4 rings (SSSR count). The monoisotopic (exact) mass is 485 g/mol. The first kappa shape index (κ1) is 23.6. The van der Waals surface area contributed by atoms with Crippen LogP contribution in [0.4, 0.5) is 5.69 Å². The SMILES string of the molecule is CCCCc1cc(=O)oc2c3c(c(Cl)cc12)OCN(c1cc(C(=O)OC)ccc1C(=O)OC)C3. The average Bonchev–Trinajstić information content (AvgIpc) is 2.86. The van der Waals surface area contributed by atoms with Gasteiger partial charge in [0.25, 0.3) is 0 Å². The Morgan fingerprint density at radius 1 is 1.12 bits per heavy atom. The van der Waals surface area contributed by atoms with Gasteiger partial charge in [-0.25, -0.2) is 14.4 Å². The Morgan fingerprint density at radius 2 is 1.88 bits per heavy atom. The molecule has 0 amide bonds. The quantitative estimate of drug-likeness (QED) is 0.365. The van der Waals surface area contributed by atoms with E-state index in [4.69, 9.17) is 30.2 Å². The van der Waals surface area contributed by atoms with Gasteiger partial charge in [0.2, 0.25) is 0 Å². The molecular weight excluding hydrogens is 462 g/mol. The van der Waals surface area contributed by atoms with Crippen LogP contribution in [0.2, 0.25) is 5.02 Å². The number of ether oxygens (including phenoxy) is 3. The van der Waals surface area contributed by atoms with Crippen molar-refractivity contribution in [3.8, 4) is 5.75 Å². The first-order valence-corrected chi connectivity index (χ1v) is 11.2. The number of aryl methyl sites for hydroxylation is 1. The summed E-state index contributed by atoms with van der Waals surface area (Å²) < 4.78 is 21.3. The molecule has 0 fully saturated rings. The topological polar surface area (TPSA) is 95.3 Å². The number of fused-ring (bicyclic) bond motifs is 3. The van der Waals surface area contributed by atoms with E-state index < -0.39 is 17.6 Å². The standard InChI is InChI=1S/C25H24ClNO7/c1-4-5-6-14-10-21(28)34-22-17(14)11-19(26)23-18(22)12-27(13-33-23)20-9-15(24(29)31-2)7-8-16(20)25(30)32-3/h7-11H,4-6,12-13H2,1-3H3. The summed E-state index contributed by atoms with van der Waals surface area (Å²) in [5.41, 5.74) is 2.31. The van der Waals surface area contributed by atoms with Crippen molar-refractivity contribution in [1.29, 1.82) is 0 Å². The van der Waals surface area contributed by atoms with Gasteiger partial charge >= 0.3 is 17.6 Å². The van der Waals surface area contributed by atoms with Crippen LogP contribution in [0, 0.1) is 0 Å². The molecule has 9 heteroatoms. The molecule has 3 aromatic rings. The summed E-state index contributed by atoms with van der Waals surface area (Å²) in [5.74, 6) is -0.692. The molecule has 178 valence electrons. The Kier molecular flexibility index (Phi) is 6.79. The number of anilines is 1. The van der Waals surface area contributed by atoms with Gasteiger partial charge in [0.1, 0.15) is 11.3 Å². The number of hydrogen-bond donors (Lipinski definition) is 0. The minimum Gasteiger partial charge on any atom is -0.471 e. The highest BCUT2D eigenvalue weighted by Crippen LogP contribution is 2.41. The van der Waals surface area contributed by atoms with Crippen LogP contribution in [0.25, 0.3) is 11.0 Å². The number of unbranched alkanes of at least 4 members (excludes halogenated alkanes) is 1. The number of rotatable bonds is 6. The minimum atomic E-state index is -0.568. The Hall–Kier alpha value is -3.52. The van der Waals surface area contributed by atoms with Gasteiger partial charge in [-0.2, -0.15) is 0 Å². The average molecular weight is 486 g/mol. The van der Waals surface area contributed by atoms with Gasteiger partial charge in [-0.1, -0.05) is 24.9 Å². The molecule has 0 atom stereocenters. The molecule has 0 N–H and O–H groups in total. The van der Waals surface area contributed by atoms with Crippen molar-refractivity contribution in [3.63, 3.8) is 0 Å². The van der Waals surface area contributed by atoms with Gasteiger partial charge in [-0.3, -0.25) is 0 Å². The first-order valence-electron chi connectivity index (χ1n) is 10.8. The Balaban J connectivity index is 1.86. The number of hydrogen-bond acceptors (Lipinski definition) is 8. The predicted molar refractivity (Wildman–Crippen MR) is 127 cm³/mol. The molecule has 0 saturated heterocycles. The van der Waals surface area contributed by atoms with Crippen LogP contribution in [-0.4, -0.2) is 32.9 Å². The first-order chi connectivity index (χ1) is 16.4. The smallest absolute Gasteiger partial charge is 0.339 e. The molecule has 1 aromatic heterocycles. The molecule has 8 nitrogen and oxygen atoms in total. The fraction of sp³-hybridized carbons (Fsp3) is 0.320.